The predicted molar refractivity (Wildman–Crippen MR) is 50.1 cm³/mol. The molecule has 5 heteroatoms. The van der Waals surface area contributed by atoms with Gasteiger partial charge in [0.1, 0.15) is 6.61 Å². The van der Waals surface area contributed by atoms with Gasteiger partial charge in [-0.25, -0.2) is 8.78 Å². The summed E-state index contributed by atoms with van der Waals surface area (Å²) in [4.78, 5) is 11.9. The maximum Gasteiger partial charge on any atom is 0.261 e. The van der Waals surface area contributed by atoms with Gasteiger partial charge in [-0.3, -0.25) is 4.79 Å². The fourth-order valence-electron chi connectivity index (χ4n) is 0.898. The second-order valence-electron chi connectivity index (χ2n) is 2.62. The Hall–Kier alpha value is -0.810. The summed E-state index contributed by atoms with van der Waals surface area (Å²) in [6, 6.07) is 3.48. The molecule has 0 aliphatic rings. The number of carbonyl (C=O) groups is 1. The van der Waals surface area contributed by atoms with Crippen LogP contribution in [0.2, 0.25) is 0 Å². The van der Waals surface area contributed by atoms with Gasteiger partial charge in [0.15, 0.2) is 5.78 Å². The monoisotopic (exact) mass is 220 g/mol. The first-order chi connectivity index (χ1) is 6.70. The zero-order valence-electron chi connectivity index (χ0n) is 7.41. The Morgan fingerprint density at radius 1 is 1.57 bits per heavy atom. The molecule has 78 valence electrons. The van der Waals surface area contributed by atoms with Crippen LogP contribution in [0.25, 0.3) is 0 Å². The average Bonchev–Trinajstić information content (AvgIpc) is 2.64. The van der Waals surface area contributed by atoms with Crippen LogP contribution in [0, 0.1) is 0 Å². The van der Waals surface area contributed by atoms with Crippen LogP contribution in [0.15, 0.2) is 17.5 Å². The van der Waals surface area contributed by atoms with Crippen molar-refractivity contribution in [2.24, 2.45) is 0 Å². The van der Waals surface area contributed by atoms with Crippen LogP contribution in [0.4, 0.5) is 8.78 Å². The number of halogens is 2. The molecule has 1 aromatic heterocycles. The van der Waals surface area contributed by atoms with Gasteiger partial charge in [-0.1, -0.05) is 6.07 Å². The van der Waals surface area contributed by atoms with Crippen molar-refractivity contribution in [1.82, 2.24) is 0 Å². The lowest BCUT2D eigenvalue weighted by molar-refractivity contribution is 0.0170. The maximum absolute atomic E-state index is 11.6. The summed E-state index contributed by atoms with van der Waals surface area (Å²) in [5, 5.41) is 1.80. The average molecular weight is 220 g/mol. The van der Waals surface area contributed by atoms with Crippen molar-refractivity contribution in [1.29, 1.82) is 0 Å². The van der Waals surface area contributed by atoms with Crippen molar-refractivity contribution in [3.63, 3.8) is 0 Å². The quantitative estimate of drug-likeness (QED) is 0.544. The lowest BCUT2D eigenvalue weighted by Crippen LogP contribution is -2.08. The lowest BCUT2D eigenvalue weighted by atomic mass is 10.2. The standard InChI is InChI=1S/C9H10F2O2S/c10-9(11)6-13-4-3-7(12)8-2-1-5-14-8/h1-2,5,9H,3-4,6H2. The van der Waals surface area contributed by atoms with Gasteiger partial charge < -0.3 is 4.74 Å². The van der Waals surface area contributed by atoms with Crippen molar-refractivity contribution in [2.45, 2.75) is 12.8 Å². The van der Waals surface area contributed by atoms with Gasteiger partial charge in [0.25, 0.3) is 6.43 Å². The third-order valence-electron chi connectivity index (χ3n) is 1.51. The van der Waals surface area contributed by atoms with E-state index >= 15 is 0 Å². The maximum atomic E-state index is 11.6. The third-order valence-corrected chi connectivity index (χ3v) is 2.42. The molecule has 0 radical (unpaired) electrons. The van der Waals surface area contributed by atoms with Crippen LogP contribution in [0.1, 0.15) is 16.1 Å². The van der Waals surface area contributed by atoms with Crippen molar-refractivity contribution in [3.05, 3.63) is 22.4 Å². The lowest BCUT2D eigenvalue weighted by Gasteiger charge is -2.01. The van der Waals surface area contributed by atoms with E-state index in [0.717, 1.165) is 0 Å². The first-order valence-corrected chi connectivity index (χ1v) is 5.00. The molecule has 1 rings (SSSR count). The molecule has 0 aliphatic heterocycles. The molecule has 0 atom stereocenters. The van der Waals surface area contributed by atoms with Crippen molar-refractivity contribution >= 4 is 17.1 Å². The first-order valence-electron chi connectivity index (χ1n) is 4.12. The van der Waals surface area contributed by atoms with Crippen LogP contribution in [-0.2, 0) is 4.74 Å². The number of hydrogen-bond donors (Lipinski definition) is 0. The molecular weight excluding hydrogens is 210 g/mol. The van der Waals surface area contributed by atoms with E-state index in [4.69, 9.17) is 0 Å². The van der Waals surface area contributed by atoms with Crippen LogP contribution >= 0.6 is 11.3 Å². The van der Waals surface area contributed by atoms with Crippen LogP contribution in [0.3, 0.4) is 0 Å². The Kier molecular flexibility index (Phi) is 4.69. The van der Waals surface area contributed by atoms with Crippen LogP contribution in [-0.4, -0.2) is 25.4 Å². The van der Waals surface area contributed by atoms with E-state index in [-0.39, 0.29) is 18.8 Å². The largest absolute Gasteiger partial charge is 0.375 e. The van der Waals surface area contributed by atoms with Gasteiger partial charge in [0.05, 0.1) is 11.5 Å². The summed E-state index contributed by atoms with van der Waals surface area (Å²) >= 11 is 1.34. The molecule has 0 bridgehead atoms. The van der Waals surface area contributed by atoms with Gasteiger partial charge >= 0.3 is 0 Å². The second-order valence-corrected chi connectivity index (χ2v) is 3.56. The molecule has 0 amide bonds. The summed E-state index contributed by atoms with van der Waals surface area (Å²) in [6.07, 6.45) is -2.31. The number of carbonyl (C=O) groups excluding carboxylic acids is 1. The zero-order chi connectivity index (χ0) is 10.4. The Balaban J connectivity index is 2.16. The minimum atomic E-state index is -2.47. The molecule has 0 unspecified atom stereocenters. The van der Waals surface area contributed by atoms with Crippen molar-refractivity contribution in [2.75, 3.05) is 13.2 Å². The molecule has 0 fully saturated rings. The number of rotatable bonds is 6. The molecule has 2 nitrogen and oxygen atoms in total. The minimum Gasteiger partial charge on any atom is -0.375 e. The molecule has 0 N–H and O–H groups in total. The van der Waals surface area contributed by atoms with Crippen molar-refractivity contribution in [3.8, 4) is 0 Å². The highest BCUT2D eigenvalue weighted by molar-refractivity contribution is 7.12. The van der Waals surface area contributed by atoms with E-state index < -0.39 is 13.0 Å². The molecule has 1 heterocycles. The number of Topliss-reactive ketones (excluding diaryl/α,β-unsaturated/α-hetero) is 1. The number of thiophene rings is 1. The second kappa shape index (κ2) is 5.82. The summed E-state index contributed by atoms with van der Waals surface area (Å²) in [7, 11) is 0. The van der Waals surface area contributed by atoms with Gasteiger partial charge in [-0.15, -0.1) is 11.3 Å². The van der Waals surface area contributed by atoms with Gasteiger partial charge in [-0.2, -0.15) is 0 Å². The predicted octanol–water partition coefficient (Wildman–Crippen LogP) is 2.60. The van der Waals surface area contributed by atoms with E-state index in [2.05, 4.69) is 4.74 Å². The van der Waals surface area contributed by atoms with E-state index in [1.54, 1.807) is 17.5 Å². The highest BCUT2D eigenvalue weighted by atomic mass is 32.1. The SMILES string of the molecule is O=C(CCOCC(F)F)c1cccs1. The smallest absolute Gasteiger partial charge is 0.261 e. The molecule has 0 saturated heterocycles. The fraction of sp³-hybridized carbons (Fsp3) is 0.444. The number of alkyl halides is 2. The fourth-order valence-corrected chi connectivity index (χ4v) is 1.59. The Labute approximate surface area is 84.5 Å². The van der Waals surface area contributed by atoms with E-state index in [1.165, 1.54) is 11.3 Å². The molecule has 0 saturated carbocycles. The number of ketones is 1. The first kappa shape index (κ1) is 11.3. The number of ether oxygens (including phenoxy) is 1. The highest BCUT2D eigenvalue weighted by Gasteiger charge is 2.07. The third kappa shape index (κ3) is 3.93. The molecule has 0 aromatic carbocycles. The number of hydrogen-bond acceptors (Lipinski definition) is 3. The van der Waals surface area contributed by atoms with E-state index in [9.17, 15) is 13.6 Å². The van der Waals surface area contributed by atoms with Gasteiger partial charge in [-0.05, 0) is 11.4 Å². The topological polar surface area (TPSA) is 26.3 Å². The molecular formula is C9H10F2O2S. The summed E-state index contributed by atoms with van der Waals surface area (Å²) in [5.41, 5.74) is 0. The summed E-state index contributed by atoms with van der Waals surface area (Å²) in [5.74, 6) is -0.0609. The molecule has 14 heavy (non-hydrogen) atoms. The summed E-state index contributed by atoms with van der Waals surface area (Å²) in [6.45, 7) is -0.543. The zero-order valence-corrected chi connectivity index (χ0v) is 8.23. The van der Waals surface area contributed by atoms with E-state index in [1.807, 2.05) is 0 Å². The molecule has 1 aromatic rings. The van der Waals surface area contributed by atoms with Crippen molar-refractivity contribution < 1.29 is 18.3 Å². The molecule has 0 aliphatic carbocycles. The van der Waals surface area contributed by atoms with Gasteiger partial charge in [0, 0.05) is 6.42 Å². The Morgan fingerprint density at radius 3 is 2.93 bits per heavy atom. The summed E-state index contributed by atoms with van der Waals surface area (Å²) < 4.78 is 27.8. The highest BCUT2D eigenvalue weighted by Crippen LogP contribution is 2.11. The Bertz CT molecular complexity index is 272. The Morgan fingerprint density at radius 2 is 2.36 bits per heavy atom. The van der Waals surface area contributed by atoms with Crippen LogP contribution in [0.5, 0.6) is 0 Å². The normalized spacial score (nSPS) is 10.8. The van der Waals surface area contributed by atoms with Gasteiger partial charge in [0.2, 0.25) is 0 Å². The van der Waals surface area contributed by atoms with E-state index in [0.29, 0.717) is 4.88 Å². The van der Waals surface area contributed by atoms with Crippen LogP contribution < -0.4 is 0 Å². The minimum absolute atomic E-state index is 0.0566. The molecule has 0 spiro atoms.